The fraction of sp³-hybridized carbons (Fsp3) is 0.238. The van der Waals surface area contributed by atoms with Crippen molar-refractivity contribution in [1.29, 1.82) is 0 Å². The van der Waals surface area contributed by atoms with Crippen molar-refractivity contribution in [2.75, 3.05) is 0 Å². The zero-order valence-electron chi connectivity index (χ0n) is 16.8. The van der Waals surface area contributed by atoms with Crippen molar-refractivity contribution in [2.45, 2.75) is 31.9 Å². The third kappa shape index (κ3) is 4.77. The Morgan fingerprint density at radius 1 is 1.09 bits per heavy atom. The van der Waals surface area contributed by atoms with Gasteiger partial charge in [0, 0.05) is 17.5 Å². The monoisotopic (exact) mass is 491 g/mol. The number of aryl methyl sites for hydroxylation is 1. The van der Waals surface area contributed by atoms with E-state index in [0.29, 0.717) is 17.6 Å². The Morgan fingerprint density at radius 2 is 1.76 bits per heavy atom. The van der Waals surface area contributed by atoms with Crippen LogP contribution >= 0.6 is 11.6 Å². The molecule has 1 unspecified atom stereocenters. The first-order chi connectivity index (χ1) is 15.3. The van der Waals surface area contributed by atoms with Crippen LogP contribution in [0, 0.1) is 0 Å². The Labute approximate surface area is 188 Å². The molecule has 5 nitrogen and oxygen atoms in total. The third-order valence-corrected chi connectivity index (χ3v) is 5.35. The van der Waals surface area contributed by atoms with Crippen molar-refractivity contribution in [3.05, 3.63) is 69.9 Å². The summed E-state index contributed by atoms with van der Waals surface area (Å²) in [5.74, 6) is -2.02. The van der Waals surface area contributed by atoms with Crippen LogP contribution in [0.5, 0.6) is 0 Å². The molecule has 3 rings (SSSR count). The molecule has 33 heavy (non-hydrogen) atoms. The lowest BCUT2D eigenvalue weighted by atomic mass is 10.0. The number of carbonyl (C=O) groups is 2. The van der Waals surface area contributed by atoms with Crippen LogP contribution in [0.25, 0.3) is 10.9 Å². The van der Waals surface area contributed by atoms with Gasteiger partial charge in [0.1, 0.15) is 5.69 Å². The highest BCUT2D eigenvalue weighted by Crippen LogP contribution is 2.37. The van der Waals surface area contributed by atoms with E-state index in [2.05, 4.69) is 0 Å². The van der Waals surface area contributed by atoms with Gasteiger partial charge in [0.05, 0.1) is 16.1 Å². The second-order valence-corrected chi connectivity index (χ2v) is 7.45. The molecule has 0 fully saturated rings. The number of benzene rings is 2. The van der Waals surface area contributed by atoms with E-state index < -0.39 is 41.3 Å². The van der Waals surface area contributed by atoms with E-state index in [1.54, 1.807) is 12.2 Å². The molecule has 1 atom stereocenters. The number of hydrogen-bond acceptors (Lipinski definition) is 2. The molecule has 0 bridgehead atoms. The van der Waals surface area contributed by atoms with E-state index in [1.807, 2.05) is 0 Å². The summed E-state index contributed by atoms with van der Waals surface area (Å²) < 4.78 is 81.6. The Morgan fingerprint density at radius 3 is 2.30 bits per heavy atom. The zero-order valence-corrected chi connectivity index (χ0v) is 17.6. The van der Waals surface area contributed by atoms with Gasteiger partial charge in [-0.15, -0.1) is 0 Å². The van der Waals surface area contributed by atoms with Gasteiger partial charge in [-0.2, -0.15) is 26.3 Å². The van der Waals surface area contributed by atoms with Crippen LogP contribution in [0.15, 0.2) is 42.5 Å². The van der Waals surface area contributed by atoms with Crippen molar-refractivity contribution < 1.29 is 35.9 Å². The molecule has 1 aromatic heterocycles. The van der Waals surface area contributed by atoms with E-state index in [9.17, 15) is 35.9 Å². The van der Waals surface area contributed by atoms with E-state index >= 15 is 0 Å². The molecule has 2 amide bonds. The van der Waals surface area contributed by atoms with Crippen LogP contribution in [0.1, 0.15) is 44.9 Å². The number of alkyl halides is 6. The van der Waals surface area contributed by atoms with Crippen LogP contribution in [-0.2, 0) is 12.7 Å². The summed E-state index contributed by atoms with van der Waals surface area (Å²) in [5.41, 5.74) is 3.25. The Hall–Kier alpha value is -3.21. The van der Waals surface area contributed by atoms with Crippen molar-refractivity contribution >= 4 is 34.3 Å². The summed E-state index contributed by atoms with van der Waals surface area (Å²) in [7, 11) is 0. The number of nitrogens with one attached hydrogen (secondary N) is 1. The molecule has 0 radical (unpaired) electrons. The lowest BCUT2D eigenvalue weighted by molar-refractivity contribution is -0.156. The van der Waals surface area contributed by atoms with E-state index in [4.69, 9.17) is 17.3 Å². The van der Waals surface area contributed by atoms with Crippen LogP contribution in [0.4, 0.5) is 26.3 Å². The van der Waals surface area contributed by atoms with Gasteiger partial charge < -0.3 is 15.6 Å². The minimum Gasteiger partial charge on any atom is -0.366 e. The summed E-state index contributed by atoms with van der Waals surface area (Å²) in [6.45, 7) is 1.74. The second-order valence-electron chi connectivity index (χ2n) is 7.07. The van der Waals surface area contributed by atoms with Gasteiger partial charge in [-0.25, -0.2) is 0 Å². The predicted molar refractivity (Wildman–Crippen MR) is 109 cm³/mol. The number of hydrogen-bond donors (Lipinski definition) is 2. The van der Waals surface area contributed by atoms with E-state index in [-0.39, 0.29) is 28.2 Å². The number of carbonyl (C=O) groups excluding carboxylic acids is 2. The molecule has 1 heterocycles. The lowest BCUT2D eigenvalue weighted by Crippen LogP contribution is -2.39. The number of amides is 2. The van der Waals surface area contributed by atoms with Crippen LogP contribution in [0.2, 0.25) is 5.02 Å². The smallest absolute Gasteiger partial charge is 0.366 e. The van der Waals surface area contributed by atoms with Gasteiger partial charge in [-0.05, 0) is 42.8 Å². The van der Waals surface area contributed by atoms with Gasteiger partial charge >= 0.3 is 12.4 Å². The highest BCUT2D eigenvalue weighted by atomic mass is 35.5. The van der Waals surface area contributed by atoms with Gasteiger partial charge in [0.25, 0.3) is 5.91 Å². The zero-order chi connectivity index (χ0) is 24.7. The molecule has 3 N–H and O–H groups in total. The number of nitrogens with zero attached hydrogens (tertiary/aromatic N) is 1. The Bertz CT molecular complexity index is 1230. The largest absolute Gasteiger partial charge is 0.416 e. The molecule has 2 aromatic carbocycles. The fourth-order valence-corrected chi connectivity index (χ4v) is 3.81. The normalized spacial score (nSPS) is 13.2. The Balaban J connectivity index is 2.08. The molecular formula is C21H16ClF6N3O2. The van der Waals surface area contributed by atoms with Crippen LogP contribution in [0.3, 0.4) is 0 Å². The van der Waals surface area contributed by atoms with Crippen molar-refractivity contribution in [3.63, 3.8) is 0 Å². The number of primary amides is 1. The molecule has 0 saturated carbocycles. The van der Waals surface area contributed by atoms with E-state index in [0.717, 1.165) is 12.1 Å². The van der Waals surface area contributed by atoms with E-state index in [1.165, 1.54) is 22.8 Å². The first-order valence-electron chi connectivity index (χ1n) is 9.42. The first kappa shape index (κ1) is 24.4. The number of fused-ring (bicyclic) bond motifs is 1. The van der Waals surface area contributed by atoms with Crippen molar-refractivity contribution in [1.82, 2.24) is 9.88 Å². The van der Waals surface area contributed by atoms with Crippen LogP contribution in [-0.4, -0.2) is 22.6 Å². The topological polar surface area (TPSA) is 77.1 Å². The average molecular weight is 492 g/mol. The number of rotatable bonds is 5. The maximum absolute atomic E-state index is 13.8. The Kier molecular flexibility index (Phi) is 6.38. The minimum atomic E-state index is -5.10. The van der Waals surface area contributed by atoms with Crippen LogP contribution < -0.4 is 11.1 Å². The molecule has 176 valence electrons. The first-order valence-corrected chi connectivity index (χ1v) is 9.79. The van der Waals surface area contributed by atoms with Gasteiger partial charge in [-0.3, -0.25) is 9.59 Å². The van der Waals surface area contributed by atoms with Crippen molar-refractivity contribution in [2.24, 2.45) is 5.73 Å². The quantitative estimate of drug-likeness (QED) is 0.465. The molecule has 0 aliphatic carbocycles. The predicted octanol–water partition coefficient (Wildman–Crippen LogP) is 5.47. The maximum atomic E-state index is 13.8. The molecule has 3 aromatic rings. The van der Waals surface area contributed by atoms with Gasteiger partial charge in [-0.1, -0.05) is 23.7 Å². The highest BCUT2D eigenvalue weighted by molar-refractivity contribution is 6.39. The SMILES string of the molecule is CCn1c(C(=O)NC(c2cccc(C(F)(F)F)c2)C(F)(F)F)c(Cl)c2cc(C(N)=O)ccc21. The molecule has 0 saturated heterocycles. The van der Waals surface area contributed by atoms with Gasteiger partial charge in [0.15, 0.2) is 6.04 Å². The summed E-state index contributed by atoms with van der Waals surface area (Å²) >= 11 is 6.28. The number of nitrogens with two attached hydrogens (primary N) is 1. The summed E-state index contributed by atoms with van der Waals surface area (Å²) in [4.78, 5) is 24.4. The molecule has 0 aliphatic rings. The minimum absolute atomic E-state index is 0.0711. The summed E-state index contributed by atoms with van der Waals surface area (Å²) in [6, 6.07) is 4.00. The average Bonchev–Trinajstić information content (AvgIpc) is 3.01. The third-order valence-electron chi connectivity index (χ3n) is 4.97. The fourth-order valence-electron chi connectivity index (χ4n) is 3.47. The number of halogens is 7. The summed E-state index contributed by atoms with van der Waals surface area (Å²) in [5, 5.41) is 1.74. The highest BCUT2D eigenvalue weighted by Gasteiger charge is 2.43. The molecule has 0 spiro atoms. The lowest BCUT2D eigenvalue weighted by Gasteiger charge is -2.23. The second kappa shape index (κ2) is 8.62. The molecule has 12 heteroatoms. The summed E-state index contributed by atoms with van der Waals surface area (Å²) in [6.07, 6.45) is -9.97. The standard InChI is InChI=1S/C21H16ClF6N3O2/c1-2-31-14-7-6-11(18(29)32)9-13(14)15(22)16(31)19(33)30-17(21(26,27)28)10-4-3-5-12(8-10)20(23,24)25/h3-9,17H,2H2,1H3,(H2,29,32)(H,30,33). The number of aromatic nitrogens is 1. The maximum Gasteiger partial charge on any atom is 0.416 e. The van der Waals surface area contributed by atoms with Crippen molar-refractivity contribution in [3.8, 4) is 0 Å². The molecular weight excluding hydrogens is 476 g/mol. The van der Waals surface area contributed by atoms with Gasteiger partial charge in [0.2, 0.25) is 5.91 Å². The molecule has 0 aliphatic heterocycles.